The van der Waals surface area contributed by atoms with Crippen LogP contribution in [0.15, 0.2) is 48.5 Å². The van der Waals surface area contributed by atoms with Crippen molar-refractivity contribution in [2.75, 3.05) is 0 Å². The lowest BCUT2D eigenvalue weighted by molar-refractivity contribution is 0.0471. The molecular weight excluding hydrogens is 224 g/mol. The van der Waals surface area contributed by atoms with E-state index in [9.17, 15) is 4.79 Å². The first-order valence-electron chi connectivity index (χ1n) is 5.96. The van der Waals surface area contributed by atoms with Crippen LogP contribution in [-0.2, 0) is 11.3 Å². The van der Waals surface area contributed by atoms with Gasteiger partial charge in [0.05, 0.1) is 5.56 Å². The maximum atomic E-state index is 11.8. The zero-order valence-electron chi connectivity index (χ0n) is 10.6. The Balaban J connectivity index is 2.07. The van der Waals surface area contributed by atoms with E-state index in [0.29, 0.717) is 12.2 Å². The quantitative estimate of drug-likeness (QED) is 0.765. The van der Waals surface area contributed by atoms with Crippen LogP contribution >= 0.6 is 0 Å². The van der Waals surface area contributed by atoms with E-state index in [-0.39, 0.29) is 5.97 Å². The second-order valence-corrected chi connectivity index (χ2v) is 4.31. The van der Waals surface area contributed by atoms with Gasteiger partial charge < -0.3 is 4.74 Å². The van der Waals surface area contributed by atoms with E-state index < -0.39 is 0 Å². The van der Waals surface area contributed by atoms with Crippen LogP contribution in [0.5, 0.6) is 0 Å². The van der Waals surface area contributed by atoms with Gasteiger partial charge in [0.15, 0.2) is 0 Å². The van der Waals surface area contributed by atoms with E-state index in [2.05, 4.69) is 0 Å². The molecule has 0 saturated carbocycles. The normalized spacial score (nSPS) is 10.1. The van der Waals surface area contributed by atoms with Gasteiger partial charge in [0.2, 0.25) is 0 Å². The van der Waals surface area contributed by atoms with Crippen molar-refractivity contribution in [3.05, 3.63) is 70.8 Å². The van der Waals surface area contributed by atoms with Crippen LogP contribution in [0.3, 0.4) is 0 Å². The monoisotopic (exact) mass is 240 g/mol. The van der Waals surface area contributed by atoms with Gasteiger partial charge in [-0.2, -0.15) is 0 Å². The van der Waals surface area contributed by atoms with E-state index in [1.165, 1.54) is 0 Å². The summed E-state index contributed by atoms with van der Waals surface area (Å²) >= 11 is 0. The standard InChI is InChI=1S/C16H16O2/c1-12-7-6-8-13(2)15(12)11-18-16(17)14-9-4-3-5-10-14/h3-10H,11H2,1-2H3. The molecule has 0 aliphatic rings. The Labute approximate surface area is 107 Å². The second kappa shape index (κ2) is 5.50. The third-order valence-electron chi connectivity index (χ3n) is 3.00. The molecule has 18 heavy (non-hydrogen) atoms. The Morgan fingerprint density at radius 3 is 2.17 bits per heavy atom. The van der Waals surface area contributed by atoms with Crippen LogP contribution in [-0.4, -0.2) is 5.97 Å². The fourth-order valence-electron chi connectivity index (χ4n) is 1.87. The molecule has 92 valence electrons. The minimum absolute atomic E-state index is 0.279. The number of hydrogen-bond donors (Lipinski definition) is 0. The summed E-state index contributed by atoms with van der Waals surface area (Å²) in [6.45, 7) is 4.38. The summed E-state index contributed by atoms with van der Waals surface area (Å²) in [7, 11) is 0. The Morgan fingerprint density at radius 1 is 0.944 bits per heavy atom. The number of ether oxygens (including phenoxy) is 1. The van der Waals surface area contributed by atoms with Crippen molar-refractivity contribution in [1.82, 2.24) is 0 Å². The fraction of sp³-hybridized carbons (Fsp3) is 0.188. The smallest absolute Gasteiger partial charge is 0.338 e. The number of esters is 1. The van der Waals surface area contributed by atoms with Gasteiger partial charge in [0.1, 0.15) is 6.61 Å². The van der Waals surface area contributed by atoms with Crippen molar-refractivity contribution in [3.63, 3.8) is 0 Å². The minimum Gasteiger partial charge on any atom is -0.457 e. The predicted molar refractivity (Wildman–Crippen MR) is 71.5 cm³/mol. The highest BCUT2D eigenvalue weighted by molar-refractivity contribution is 5.89. The lowest BCUT2D eigenvalue weighted by Gasteiger charge is -2.10. The van der Waals surface area contributed by atoms with Crippen LogP contribution in [0.2, 0.25) is 0 Å². The second-order valence-electron chi connectivity index (χ2n) is 4.31. The Bertz CT molecular complexity index is 524. The number of carbonyl (C=O) groups is 1. The molecule has 2 heteroatoms. The highest BCUT2D eigenvalue weighted by Crippen LogP contribution is 2.15. The van der Waals surface area contributed by atoms with Crippen LogP contribution in [0, 0.1) is 13.8 Å². The molecule has 2 aromatic rings. The zero-order chi connectivity index (χ0) is 13.0. The number of rotatable bonds is 3. The van der Waals surface area contributed by atoms with Crippen LogP contribution in [0.25, 0.3) is 0 Å². The van der Waals surface area contributed by atoms with Crippen molar-refractivity contribution in [2.45, 2.75) is 20.5 Å². The zero-order valence-corrected chi connectivity index (χ0v) is 10.6. The Kier molecular flexibility index (Phi) is 3.78. The van der Waals surface area contributed by atoms with E-state index in [1.54, 1.807) is 12.1 Å². The average Bonchev–Trinajstić information content (AvgIpc) is 2.39. The van der Waals surface area contributed by atoms with Gasteiger partial charge >= 0.3 is 5.97 Å². The Morgan fingerprint density at radius 2 is 1.56 bits per heavy atom. The first-order valence-corrected chi connectivity index (χ1v) is 5.96. The molecule has 0 saturated heterocycles. The summed E-state index contributed by atoms with van der Waals surface area (Å²) in [5, 5.41) is 0. The number of hydrogen-bond acceptors (Lipinski definition) is 2. The van der Waals surface area contributed by atoms with Gasteiger partial charge in [-0.05, 0) is 42.7 Å². The summed E-state index contributed by atoms with van der Waals surface area (Å²) in [6.07, 6.45) is 0. The maximum absolute atomic E-state index is 11.8. The summed E-state index contributed by atoms with van der Waals surface area (Å²) in [5.74, 6) is -0.279. The van der Waals surface area contributed by atoms with Gasteiger partial charge in [-0.1, -0.05) is 36.4 Å². The molecular formula is C16H16O2. The molecule has 0 bridgehead atoms. The first kappa shape index (κ1) is 12.4. The molecule has 0 N–H and O–H groups in total. The summed E-state index contributed by atoms with van der Waals surface area (Å²) in [6, 6.07) is 15.1. The molecule has 0 fully saturated rings. The number of aryl methyl sites for hydroxylation is 2. The van der Waals surface area contributed by atoms with Crippen molar-refractivity contribution >= 4 is 5.97 Å². The molecule has 0 radical (unpaired) electrons. The molecule has 2 rings (SSSR count). The Hall–Kier alpha value is -2.09. The fourth-order valence-corrected chi connectivity index (χ4v) is 1.87. The molecule has 0 unspecified atom stereocenters. The number of benzene rings is 2. The average molecular weight is 240 g/mol. The third-order valence-corrected chi connectivity index (χ3v) is 3.00. The predicted octanol–water partition coefficient (Wildman–Crippen LogP) is 3.66. The summed E-state index contributed by atoms with van der Waals surface area (Å²) < 4.78 is 5.34. The van der Waals surface area contributed by atoms with Crippen molar-refractivity contribution in [1.29, 1.82) is 0 Å². The van der Waals surface area contributed by atoms with E-state index >= 15 is 0 Å². The molecule has 0 aliphatic carbocycles. The van der Waals surface area contributed by atoms with Crippen LogP contribution in [0.1, 0.15) is 27.0 Å². The molecule has 0 spiro atoms. The number of carbonyl (C=O) groups excluding carboxylic acids is 1. The van der Waals surface area contributed by atoms with Gasteiger partial charge in [-0.15, -0.1) is 0 Å². The van der Waals surface area contributed by atoms with Gasteiger partial charge in [0, 0.05) is 0 Å². The molecule has 2 aromatic carbocycles. The van der Waals surface area contributed by atoms with E-state index in [4.69, 9.17) is 4.74 Å². The maximum Gasteiger partial charge on any atom is 0.338 e. The highest BCUT2D eigenvalue weighted by atomic mass is 16.5. The molecule has 0 heterocycles. The molecule has 2 nitrogen and oxygen atoms in total. The topological polar surface area (TPSA) is 26.3 Å². The van der Waals surface area contributed by atoms with Crippen molar-refractivity contribution in [2.24, 2.45) is 0 Å². The highest BCUT2D eigenvalue weighted by Gasteiger charge is 2.08. The van der Waals surface area contributed by atoms with Crippen LogP contribution in [0.4, 0.5) is 0 Å². The van der Waals surface area contributed by atoms with Crippen LogP contribution < -0.4 is 0 Å². The SMILES string of the molecule is Cc1cccc(C)c1COC(=O)c1ccccc1. The lowest BCUT2D eigenvalue weighted by Crippen LogP contribution is -2.06. The van der Waals surface area contributed by atoms with Crippen molar-refractivity contribution in [3.8, 4) is 0 Å². The molecule has 0 amide bonds. The van der Waals surface area contributed by atoms with E-state index in [1.807, 2.05) is 50.2 Å². The molecule has 0 aliphatic heterocycles. The first-order chi connectivity index (χ1) is 8.68. The lowest BCUT2D eigenvalue weighted by atomic mass is 10.0. The van der Waals surface area contributed by atoms with Gasteiger partial charge in [0.25, 0.3) is 0 Å². The van der Waals surface area contributed by atoms with Gasteiger partial charge in [-0.3, -0.25) is 0 Å². The van der Waals surface area contributed by atoms with Gasteiger partial charge in [-0.25, -0.2) is 4.79 Å². The molecule has 0 atom stereocenters. The molecule has 0 aromatic heterocycles. The van der Waals surface area contributed by atoms with Crippen molar-refractivity contribution < 1.29 is 9.53 Å². The summed E-state index contributed by atoms with van der Waals surface area (Å²) in [5.41, 5.74) is 3.97. The third kappa shape index (κ3) is 2.77. The minimum atomic E-state index is -0.279. The van der Waals surface area contributed by atoms with E-state index in [0.717, 1.165) is 16.7 Å². The summed E-state index contributed by atoms with van der Waals surface area (Å²) in [4.78, 5) is 11.8. The largest absolute Gasteiger partial charge is 0.457 e.